The van der Waals surface area contributed by atoms with E-state index in [0.29, 0.717) is 5.92 Å². The lowest BCUT2D eigenvalue weighted by Crippen LogP contribution is -2.25. The van der Waals surface area contributed by atoms with Gasteiger partial charge in [0.25, 0.3) is 0 Å². The van der Waals surface area contributed by atoms with E-state index in [9.17, 15) is 4.79 Å². The zero-order valence-electron chi connectivity index (χ0n) is 10.3. The molecule has 0 saturated heterocycles. The number of carboxylic acid groups (broad SMARTS) is 1. The van der Waals surface area contributed by atoms with Gasteiger partial charge in [-0.3, -0.25) is 4.79 Å². The Morgan fingerprint density at radius 1 is 1.31 bits per heavy atom. The van der Waals surface area contributed by atoms with Gasteiger partial charge in [-0.25, -0.2) is 0 Å². The lowest BCUT2D eigenvalue weighted by Gasteiger charge is -2.28. The van der Waals surface area contributed by atoms with Crippen molar-refractivity contribution < 1.29 is 9.90 Å². The molecule has 1 rings (SSSR count). The van der Waals surface area contributed by atoms with Gasteiger partial charge in [0, 0.05) is 6.04 Å². The summed E-state index contributed by atoms with van der Waals surface area (Å²) in [4.78, 5) is 10.5. The van der Waals surface area contributed by atoms with Gasteiger partial charge in [-0.1, -0.05) is 39.0 Å². The molecule has 3 nitrogen and oxygen atoms in total. The summed E-state index contributed by atoms with van der Waals surface area (Å²) in [5, 5.41) is 8.62. The van der Waals surface area contributed by atoms with Gasteiger partial charge in [-0.2, -0.15) is 0 Å². The van der Waals surface area contributed by atoms with E-state index >= 15 is 0 Å². The van der Waals surface area contributed by atoms with E-state index < -0.39 is 5.97 Å². The Kier molecular flexibility index (Phi) is 5.81. The van der Waals surface area contributed by atoms with Gasteiger partial charge in [0.15, 0.2) is 0 Å². The average molecular weight is 227 g/mol. The zero-order chi connectivity index (χ0) is 12.0. The van der Waals surface area contributed by atoms with E-state index in [0.717, 1.165) is 18.8 Å². The predicted molar refractivity (Wildman–Crippen MR) is 65.2 cm³/mol. The topological polar surface area (TPSA) is 63.3 Å². The first kappa shape index (κ1) is 13.5. The van der Waals surface area contributed by atoms with Crippen LogP contribution in [0.4, 0.5) is 0 Å². The maximum atomic E-state index is 10.5. The van der Waals surface area contributed by atoms with Crippen LogP contribution in [0.1, 0.15) is 58.3 Å². The second-order valence-corrected chi connectivity index (χ2v) is 5.31. The van der Waals surface area contributed by atoms with Crippen LogP contribution in [-0.4, -0.2) is 17.1 Å². The quantitative estimate of drug-likeness (QED) is 0.733. The Morgan fingerprint density at radius 3 is 2.50 bits per heavy atom. The molecule has 0 bridgehead atoms. The highest BCUT2D eigenvalue weighted by atomic mass is 16.4. The molecule has 0 heterocycles. The van der Waals surface area contributed by atoms with Gasteiger partial charge in [-0.05, 0) is 24.7 Å². The largest absolute Gasteiger partial charge is 0.481 e. The maximum Gasteiger partial charge on any atom is 0.304 e. The maximum absolute atomic E-state index is 10.5. The molecule has 0 unspecified atom stereocenters. The molecule has 0 aliphatic heterocycles. The van der Waals surface area contributed by atoms with Crippen LogP contribution in [0, 0.1) is 11.8 Å². The van der Waals surface area contributed by atoms with Crippen molar-refractivity contribution in [3.8, 4) is 0 Å². The fraction of sp³-hybridized carbons (Fsp3) is 0.923. The van der Waals surface area contributed by atoms with Crippen molar-refractivity contribution in [3.63, 3.8) is 0 Å². The van der Waals surface area contributed by atoms with Crippen molar-refractivity contribution in [3.05, 3.63) is 0 Å². The molecule has 1 saturated carbocycles. The molecule has 0 aromatic carbocycles. The fourth-order valence-electron chi connectivity index (χ4n) is 2.74. The highest BCUT2D eigenvalue weighted by molar-refractivity contribution is 5.67. The molecule has 0 amide bonds. The molecule has 0 aromatic heterocycles. The number of rotatable bonds is 6. The summed E-state index contributed by atoms with van der Waals surface area (Å²) in [6, 6.07) is -0.163. The first-order valence-corrected chi connectivity index (χ1v) is 6.57. The van der Waals surface area contributed by atoms with Crippen LogP contribution in [0.15, 0.2) is 0 Å². The van der Waals surface area contributed by atoms with Crippen LogP contribution in [0.25, 0.3) is 0 Å². The summed E-state index contributed by atoms with van der Waals surface area (Å²) in [7, 11) is 0. The van der Waals surface area contributed by atoms with Crippen LogP contribution >= 0.6 is 0 Å². The monoisotopic (exact) mass is 227 g/mol. The van der Waals surface area contributed by atoms with Crippen LogP contribution in [0.5, 0.6) is 0 Å². The fourth-order valence-corrected chi connectivity index (χ4v) is 2.74. The summed E-state index contributed by atoms with van der Waals surface area (Å²) in [5.74, 6) is 0.781. The Labute approximate surface area is 98.4 Å². The smallest absolute Gasteiger partial charge is 0.304 e. The number of aliphatic carboxylic acids is 1. The molecule has 1 aliphatic carbocycles. The molecule has 0 spiro atoms. The molecule has 1 fully saturated rings. The first-order chi connectivity index (χ1) is 7.59. The van der Waals surface area contributed by atoms with E-state index in [4.69, 9.17) is 10.8 Å². The summed E-state index contributed by atoms with van der Waals surface area (Å²) in [6.45, 7) is 2.30. The summed E-state index contributed by atoms with van der Waals surface area (Å²) < 4.78 is 0. The lowest BCUT2D eigenvalue weighted by atomic mass is 9.78. The molecular weight excluding hydrogens is 202 g/mol. The molecule has 3 N–H and O–H groups in total. The molecule has 94 valence electrons. The van der Waals surface area contributed by atoms with Crippen molar-refractivity contribution in [1.29, 1.82) is 0 Å². The third-order valence-corrected chi connectivity index (χ3v) is 3.88. The predicted octanol–water partition coefficient (Wildman–Crippen LogP) is 2.79. The highest BCUT2D eigenvalue weighted by Crippen LogP contribution is 2.32. The van der Waals surface area contributed by atoms with Crippen LogP contribution in [0.3, 0.4) is 0 Å². The Hall–Kier alpha value is -0.570. The summed E-state index contributed by atoms with van der Waals surface area (Å²) >= 11 is 0. The minimum absolute atomic E-state index is 0.109. The van der Waals surface area contributed by atoms with Crippen molar-refractivity contribution in [2.24, 2.45) is 17.6 Å². The van der Waals surface area contributed by atoms with Crippen LogP contribution < -0.4 is 5.73 Å². The number of hydrogen-bond acceptors (Lipinski definition) is 2. The normalized spacial score (nSPS) is 21.6. The molecule has 16 heavy (non-hydrogen) atoms. The molecule has 1 aliphatic rings. The highest BCUT2D eigenvalue weighted by Gasteiger charge is 2.20. The number of carboxylic acids is 1. The second kappa shape index (κ2) is 6.89. The van der Waals surface area contributed by atoms with Crippen molar-refractivity contribution >= 4 is 5.97 Å². The number of hydrogen-bond donors (Lipinski definition) is 2. The van der Waals surface area contributed by atoms with Gasteiger partial charge in [0.05, 0.1) is 6.42 Å². The zero-order valence-corrected chi connectivity index (χ0v) is 10.3. The number of nitrogens with two attached hydrogens (primary N) is 1. The number of carbonyl (C=O) groups is 1. The summed E-state index contributed by atoms with van der Waals surface area (Å²) in [6.07, 6.45) is 8.89. The molecular formula is C13H25NO2. The van der Waals surface area contributed by atoms with Crippen LogP contribution in [-0.2, 0) is 4.79 Å². The molecule has 2 atom stereocenters. The van der Waals surface area contributed by atoms with Gasteiger partial charge in [-0.15, -0.1) is 0 Å². The standard InChI is InChI=1S/C13H25NO2/c1-10(11-5-3-2-4-6-11)7-8-12(14)9-13(15)16/h10-12H,2-9,14H2,1H3,(H,15,16)/t10-,12-/m0/s1. The van der Waals surface area contributed by atoms with Crippen molar-refractivity contribution in [2.45, 2.75) is 64.3 Å². The van der Waals surface area contributed by atoms with E-state index in [2.05, 4.69) is 6.92 Å². The minimum atomic E-state index is -0.780. The van der Waals surface area contributed by atoms with Gasteiger partial charge in [0.1, 0.15) is 0 Å². The van der Waals surface area contributed by atoms with Gasteiger partial charge in [0.2, 0.25) is 0 Å². The van der Waals surface area contributed by atoms with E-state index in [1.54, 1.807) is 0 Å². The Morgan fingerprint density at radius 2 is 1.94 bits per heavy atom. The summed E-state index contributed by atoms with van der Waals surface area (Å²) in [5.41, 5.74) is 5.77. The molecule has 3 heteroatoms. The van der Waals surface area contributed by atoms with Crippen molar-refractivity contribution in [1.82, 2.24) is 0 Å². The van der Waals surface area contributed by atoms with E-state index in [-0.39, 0.29) is 12.5 Å². The molecule has 0 radical (unpaired) electrons. The Balaban J connectivity index is 2.17. The molecule has 0 aromatic rings. The average Bonchev–Trinajstić information content (AvgIpc) is 2.26. The van der Waals surface area contributed by atoms with E-state index in [1.807, 2.05) is 0 Å². The van der Waals surface area contributed by atoms with Gasteiger partial charge < -0.3 is 10.8 Å². The lowest BCUT2D eigenvalue weighted by molar-refractivity contribution is -0.137. The minimum Gasteiger partial charge on any atom is -0.481 e. The second-order valence-electron chi connectivity index (χ2n) is 5.31. The SMILES string of the molecule is C[C@@H](CC[C@H](N)CC(=O)O)C1CCCCC1. The van der Waals surface area contributed by atoms with Crippen molar-refractivity contribution in [2.75, 3.05) is 0 Å². The Bertz CT molecular complexity index is 212. The van der Waals surface area contributed by atoms with Gasteiger partial charge >= 0.3 is 5.97 Å². The first-order valence-electron chi connectivity index (χ1n) is 6.57. The van der Waals surface area contributed by atoms with Crippen LogP contribution in [0.2, 0.25) is 0 Å². The third kappa shape index (κ3) is 4.97. The third-order valence-electron chi connectivity index (χ3n) is 3.88. The van der Waals surface area contributed by atoms with E-state index in [1.165, 1.54) is 32.1 Å².